The zero-order chi connectivity index (χ0) is 46.5. The number of nitrogens with two attached hydrogens (primary N) is 1. The summed E-state index contributed by atoms with van der Waals surface area (Å²) < 4.78 is 33.5. The molecule has 2 unspecified atom stereocenters. The van der Waals surface area contributed by atoms with E-state index in [1.165, 1.54) is 64.2 Å². The Morgan fingerprint density at radius 3 is 1.23 bits per heavy atom. The molecule has 0 aliphatic rings. The van der Waals surface area contributed by atoms with Gasteiger partial charge in [-0.05, 0) is 103 Å². The van der Waals surface area contributed by atoms with Crippen LogP contribution in [0.4, 0.5) is 0 Å². The lowest BCUT2D eigenvalue weighted by molar-refractivity contribution is -0.154. The van der Waals surface area contributed by atoms with E-state index in [0.717, 1.165) is 89.9 Å². The fraction of sp³-hybridized carbons (Fsp3) is 0.618. The predicted molar refractivity (Wildman–Crippen MR) is 274 cm³/mol. The summed E-state index contributed by atoms with van der Waals surface area (Å²) in [5.74, 6) is -0.377. The van der Waals surface area contributed by atoms with Crippen LogP contribution in [0.1, 0.15) is 181 Å². The molecule has 0 heterocycles. The zero-order valence-electron chi connectivity index (χ0n) is 40.5. The molecule has 0 rings (SSSR count). The Kier molecular flexibility index (Phi) is 48.4. The van der Waals surface area contributed by atoms with Crippen LogP contribution in [0.25, 0.3) is 0 Å². The van der Waals surface area contributed by atoms with Gasteiger partial charge in [-0.1, -0.05) is 193 Å². The summed E-state index contributed by atoms with van der Waals surface area (Å²) in [6.45, 7) is 4.60. The zero-order valence-corrected chi connectivity index (χ0v) is 41.4. The Balaban J connectivity index is 4.07. The van der Waals surface area contributed by atoms with Crippen molar-refractivity contribution in [2.24, 2.45) is 5.73 Å². The van der Waals surface area contributed by atoms with E-state index in [9.17, 15) is 14.3 Å². The summed E-state index contributed by atoms with van der Waals surface area (Å²) in [5, 5.41) is 0. The van der Waals surface area contributed by atoms with Gasteiger partial charge >= 0.3 is 13.8 Å². The van der Waals surface area contributed by atoms with E-state index in [-0.39, 0.29) is 38.8 Å². The lowest BCUT2D eigenvalue weighted by Crippen LogP contribution is -2.28. The maximum Gasteiger partial charge on any atom is 0.472 e. The van der Waals surface area contributed by atoms with Crippen molar-refractivity contribution < 1.29 is 32.8 Å². The molecule has 3 N–H and O–H groups in total. The number of phosphoric acid groups is 1. The van der Waals surface area contributed by atoms with Gasteiger partial charge < -0.3 is 20.1 Å². The van der Waals surface area contributed by atoms with E-state index >= 15 is 0 Å². The number of allylic oxidation sites excluding steroid dienone is 20. The molecular weight excluding hydrogens is 818 g/mol. The van der Waals surface area contributed by atoms with E-state index in [0.29, 0.717) is 13.0 Å². The van der Waals surface area contributed by atoms with Crippen molar-refractivity contribution >= 4 is 13.8 Å². The Bertz CT molecular complexity index is 1390. The Morgan fingerprint density at radius 2 is 0.828 bits per heavy atom. The Morgan fingerprint density at radius 1 is 0.469 bits per heavy atom. The molecule has 64 heavy (non-hydrogen) atoms. The number of carbonyl (C=O) groups excluding carboxylic acids is 1. The summed E-state index contributed by atoms with van der Waals surface area (Å²) >= 11 is 0. The van der Waals surface area contributed by atoms with Crippen molar-refractivity contribution in [3.8, 4) is 0 Å². The predicted octanol–water partition coefficient (Wildman–Crippen LogP) is 15.8. The number of hydrogen-bond acceptors (Lipinski definition) is 7. The van der Waals surface area contributed by atoms with Crippen LogP contribution < -0.4 is 5.73 Å². The lowest BCUT2D eigenvalue weighted by atomic mass is 10.1. The van der Waals surface area contributed by atoms with Gasteiger partial charge in [0.2, 0.25) is 0 Å². The third kappa shape index (κ3) is 49.9. The van der Waals surface area contributed by atoms with Crippen molar-refractivity contribution in [3.05, 3.63) is 122 Å². The molecule has 2 atom stereocenters. The molecule has 0 fully saturated rings. The van der Waals surface area contributed by atoms with Crippen LogP contribution in [0.2, 0.25) is 0 Å². The van der Waals surface area contributed by atoms with E-state index in [1.807, 2.05) is 0 Å². The molecule has 0 aliphatic heterocycles. The lowest BCUT2D eigenvalue weighted by Gasteiger charge is -2.20. The highest BCUT2D eigenvalue weighted by molar-refractivity contribution is 7.47. The van der Waals surface area contributed by atoms with Crippen LogP contribution in [-0.2, 0) is 27.9 Å². The van der Waals surface area contributed by atoms with Gasteiger partial charge in [0.1, 0.15) is 6.10 Å². The fourth-order valence-corrected chi connectivity index (χ4v) is 7.05. The Labute approximate surface area is 392 Å². The fourth-order valence-electron chi connectivity index (χ4n) is 6.28. The Hall–Kier alpha value is -3.10. The van der Waals surface area contributed by atoms with Crippen molar-refractivity contribution in [1.29, 1.82) is 0 Å². The standard InChI is InChI=1S/C55H92NO7P/c1-3-5-7-9-11-13-15-17-19-21-23-25-26-27-29-31-33-35-37-39-41-43-45-47-50-60-52-54(53-62-64(58,59)61-51-49-56)63-55(57)48-46-44-42-40-38-36-34-32-30-28-24-22-20-18-16-14-12-10-8-6-4-2/h5-8,11-14,17-20,23-25,28,32,34,38,40,54H,3-4,9-10,15-16,21-22,26-27,29-31,33,35-37,39,41-53,56H2,1-2H3,(H,58,59)/b7-5-,8-6-,13-11-,14-12-,19-17-,20-18-,25-23-,28-24-,34-32-,40-38-. The van der Waals surface area contributed by atoms with E-state index in [1.54, 1.807) is 0 Å². The van der Waals surface area contributed by atoms with Crippen LogP contribution >= 0.6 is 7.82 Å². The first-order chi connectivity index (χ1) is 31.4. The number of carbonyl (C=O) groups is 1. The molecule has 0 aliphatic carbocycles. The molecule has 8 nitrogen and oxygen atoms in total. The van der Waals surface area contributed by atoms with Crippen LogP contribution in [0.3, 0.4) is 0 Å². The highest BCUT2D eigenvalue weighted by Gasteiger charge is 2.25. The third-order valence-corrected chi connectivity index (χ3v) is 10.9. The van der Waals surface area contributed by atoms with Gasteiger partial charge in [-0.3, -0.25) is 13.8 Å². The minimum atomic E-state index is -4.31. The first-order valence-electron chi connectivity index (χ1n) is 25.0. The first kappa shape index (κ1) is 60.9. The normalized spacial score (nSPS) is 14.4. The van der Waals surface area contributed by atoms with Crippen molar-refractivity contribution in [3.63, 3.8) is 0 Å². The molecule has 0 aromatic heterocycles. The number of esters is 1. The van der Waals surface area contributed by atoms with Crippen molar-refractivity contribution in [2.45, 2.75) is 187 Å². The molecular formula is C55H92NO7P. The SMILES string of the molecule is CC/C=C\C/C=C\C/C=C\C/C=C\C/C=C\C/C=C\CCCCC(=O)OC(COCCCCCCCCCCCCC/C=C\C/C=C\C/C=C\C/C=C\CC)COP(=O)(O)OCCN. The molecule has 0 aromatic rings. The van der Waals surface area contributed by atoms with Crippen LogP contribution in [0.5, 0.6) is 0 Å². The van der Waals surface area contributed by atoms with Crippen LogP contribution in [0.15, 0.2) is 122 Å². The molecule has 0 spiro atoms. The van der Waals surface area contributed by atoms with Gasteiger partial charge in [0, 0.05) is 19.6 Å². The van der Waals surface area contributed by atoms with Gasteiger partial charge in [-0.15, -0.1) is 0 Å². The summed E-state index contributed by atoms with van der Waals surface area (Å²) in [6.07, 6.45) is 70.9. The summed E-state index contributed by atoms with van der Waals surface area (Å²) in [6, 6.07) is 0. The summed E-state index contributed by atoms with van der Waals surface area (Å²) in [5.41, 5.74) is 5.38. The van der Waals surface area contributed by atoms with Gasteiger partial charge in [0.05, 0.1) is 19.8 Å². The molecule has 0 bridgehead atoms. The smallest absolute Gasteiger partial charge is 0.457 e. The molecule has 0 amide bonds. The minimum absolute atomic E-state index is 0.0855. The molecule has 364 valence electrons. The van der Waals surface area contributed by atoms with Crippen molar-refractivity contribution in [2.75, 3.05) is 33.0 Å². The molecule has 0 saturated heterocycles. The van der Waals surface area contributed by atoms with Crippen LogP contribution in [-0.4, -0.2) is 49.9 Å². The highest BCUT2D eigenvalue weighted by atomic mass is 31.2. The molecule has 9 heteroatoms. The number of phosphoric ester groups is 1. The maximum absolute atomic E-state index is 12.6. The summed E-state index contributed by atoms with van der Waals surface area (Å²) in [7, 11) is -4.31. The van der Waals surface area contributed by atoms with E-state index < -0.39 is 13.9 Å². The number of unbranched alkanes of at least 4 members (excludes halogenated alkanes) is 13. The molecule has 0 saturated carbocycles. The maximum atomic E-state index is 12.6. The highest BCUT2D eigenvalue weighted by Crippen LogP contribution is 2.43. The topological polar surface area (TPSA) is 117 Å². The average Bonchev–Trinajstić information content (AvgIpc) is 3.29. The number of rotatable bonds is 46. The molecule has 0 radical (unpaired) electrons. The monoisotopic (exact) mass is 910 g/mol. The van der Waals surface area contributed by atoms with E-state index in [2.05, 4.69) is 135 Å². The second-order valence-electron chi connectivity index (χ2n) is 15.9. The van der Waals surface area contributed by atoms with Crippen LogP contribution in [0, 0.1) is 0 Å². The van der Waals surface area contributed by atoms with Gasteiger partial charge in [0.15, 0.2) is 0 Å². The first-order valence-corrected chi connectivity index (χ1v) is 26.5. The quantitative estimate of drug-likeness (QED) is 0.0268. The minimum Gasteiger partial charge on any atom is -0.457 e. The molecule has 0 aromatic carbocycles. The number of hydrogen-bond donors (Lipinski definition) is 2. The van der Waals surface area contributed by atoms with Gasteiger partial charge in [0.25, 0.3) is 0 Å². The van der Waals surface area contributed by atoms with Crippen molar-refractivity contribution in [1.82, 2.24) is 0 Å². The number of ether oxygens (including phenoxy) is 2. The largest absolute Gasteiger partial charge is 0.472 e. The average molecular weight is 910 g/mol. The third-order valence-electron chi connectivity index (χ3n) is 9.87. The second kappa shape index (κ2) is 50.9. The second-order valence-corrected chi connectivity index (χ2v) is 17.4. The van der Waals surface area contributed by atoms with E-state index in [4.69, 9.17) is 24.3 Å². The van der Waals surface area contributed by atoms with Gasteiger partial charge in [-0.25, -0.2) is 4.57 Å². The summed E-state index contributed by atoms with van der Waals surface area (Å²) in [4.78, 5) is 22.6. The van der Waals surface area contributed by atoms with Gasteiger partial charge in [-0.2, -0.15) is 0 Å².